The molecule has 0 unspecified atom stereocenters. The number of carbonyl (C=O) groups is 2. The molecule has 0 aromatic carbocycles. The molecule has 0 aliphatic carbocycles. The Kier molecular flexibility index (Phi) is 5.89. The molecule has 1 amide bonds. The van der Waals surface area contributed by atoms with Crippen molar-refractivity contribution in [2.75, 3.05) is 13.1 Å². The summed E-state index contributed by atoms with van der Waals surface area (Å²) in [6.45, 7) is 6.36. The van der Waals surface area contributed by atoms with Crippen molar-refractivity contribution in [3.63, 3.8) is 0 Å². The van der Waals surface area contributed by atoms with Crippen molar-refractivity contribution in [1.29, 1.82) is 0 Å². The molecule has 1 aliphatic rings. The van der Waals surface area contributed by atoms with E-state index in [1.54, 1.807) is 20.8 Å². The van der Waals surface area contributed by atoms with Gasteiger partial charge in [0.2, 0.25) is 0 Å². The molecular formula is C11H21ClN2O4. The smallest absolute Gasteiger partial charge is 0.408 e. The Labute approximate surface area is 113 Å². The van der Waals surface area contributed by atoms with Crippen molar-refractivity contribution in [2.24, 2.45) is 0 Å². The van der Waals surface area contributed by atoms with E-state index in [4.69, 9.17) is 4.74 Å². The molecule has 0 aromatic heterocycles. The van der Waals surface area contributed by atoms with Crippen LogP contribution in [0.5, 0.6) is 0 Å². The number of hydrogen-bond acceptors (Lipinski definition) is 4. The average molecular weight is 281 g/mol. The Morgan fingerprint density at radius 2 is 1.78 bits per heavy atom. The molecule has 3 N–H and O–H groups in total. The lowest BCUT2D eigenvalue weighted by atomic mass is 9.88. The number of ether oxygens (including phenoxy) is 1. The van der Waals surface area contributed by atoms with Crippen LogP contribution in [0.15, 0.2) is 0 Å². The van der Waals surface area contributed by atoms with Gasteiger partial charge in [0.25, 0.3) is 0 Å². The number of rotatable bonds is 2. The minimum atomic E-state index is -1.20. The van der Waals surface area contributed by atoms with Gasteiger partial charge in [-0.3, -0.25) is 0 Å². The maximum Gasteiger partial charge on any atom is 0.408 e. The highest BCUT2D eigenvalue weighted by atomic mass is 35.5. The summed E-state index contributed by atoms with van der Waals surface area (Å²) in [5.74, 6) is -1.01. The van der Waals surface area contributed by atoms with E-state index in [9.17, 15) is 14.7 Å². The highest BCUT2D eigenvalue weighted by Crippen LogP contribution is 2.19. The van der Waals surface area contributed by atoms with Crippen molar-refractivity contribution < 1.29 is 19.4 Å². The van der Waals surface area contributed by atoms with E-state index in [2.05, 4.69) is 10.6 Å². The number of carboxylic acids is 1. The zero-order valence-corrected chi connectivity index (χ0v) is 11.7. The Bertz CT molecular complexity index is 309. The first-order chi connectivity index (χ1) is 7.75. The molecule has 1 saturated heterocycles. The van der Waals surface area contributed by atoms with Gasteiger partial charge in [-0.15, -0.1) is 12.4 Å². The van der Waals surface area contributed by atoms with Crippen LogP contribution in [0.1, 0.15) is 33.6 Å². The summed E-state index contributed by atoms with van der Waals surface area (Å²) >= 11 is 0. The topological polar surface area (TPSA) is 87.7 Å². The zero-order valence-electron chi connectivity index (χ0n) is 10.9. The molecule has 0 bridgehead atoms. The lowest BCUT2D eigenvalue weighted by Gasteiger charge is -2.34. The van der Waals surface area contributed by atoms with Gasteiger partial charge in [-0.1, -0.05) is 0 Å². The fourth-order valence-electron chi connectivity index (χ4n) is 1.74. The second kappa shape index (κ2) is 6.24. The van der Waals surface area contributed by atoms with Crippen LogP contribution in [0.4, 0.5) is 4.79 Å². The summed E-state index contributed by atoms with van der Waals surface area (Å²) in [7, 11) is 0. The SMILES string of the molecule is CC(C)(C)OC(=O)NC1(C(=O)O)CCNCC1.Cl. The summed E-state index contributed by atoms with van der Waals surface area (Å²) in [4.78, 5) is 22.9. The summed E-state index contributed by atoms with van der Waals surface area (Å²) in [5.41, 5.74) is -1.83. The lowest BCUT2D eigenvalue weighted by molar-refractivity contribution is -0.146. The first-order valence-corrected chi connectivity index (χ1v) is 5.70. The number of piperidine rings is 1. The highest BCUT2D eigenvalue weighted by Gasteiger charge is 2.42. The summed E-state index contributed by atoms with van der Waals surface area (Å²) in [6.07, 6.45) is 0.0465. The number of nitrogens with one attached hydrogen (secondary N) is 2. The highest BCUT2D eigenvalue weighted by molar-refractivity contribution is 5.85. The Morgan fingerprint density at radius 1 is 1.28 bits per heavy atom. The first kappa shape index (κ1) is 17.0. The van der Waals surface area contributed by atoms with Gasteiger partial charge in [0.1, 0.15) is 11.1 Å². The lowest BCUT2D eigenvalue weighted by Crippen LogP contribution is -2.60. The van der Waals surface area contributed by atoms with Crippen molar-refractivity contribution >= 4 is 24.5 Å². The third kappa shape index (κ3) is 4.70. The van der Waals surface area contributed by atoms with Crippen molar-refractivity contribution in [3.05, 3.63) is 0 Å². The third-order valence-electron chi connectivity index (χ3n) is 2.61. The van der Waals surface area contributed by atoms with E-state index in [0.29, 0.717) is 25.9 Å². The number of amides is 1. The maximum absolute atomic E-state index is 11.6. The van der Waals surface area contributed by atoms with Gasteiger partial charge >= 0.3 is 12.1 Å². The van der Waals surface area contributed by atoms with E-state index in [1.807, 2.05) is 0 Å². The zero-order chi connectivity index (χ0) is 13.1. The predicted molar refractivity (Wildman–Crippen MR) is 69.1 cm³/mol. The molecule has 1 aliphatic heterocycles. The van der Waals surface area contributed by atoms with E-state index in [1.165, 1.54) is 0 Å². The maximum atomic E-state index is 11.6. The fourth-order valence-corrected chi connectivity index (χ4v) is 1.74. The minimum absolute atomic E-state index is 0. The molecule has 18 heavy (non-hydrogen) atoms. The van der Waals surface area contributed by atoms with Crippen LogP contribution in [0.2, 0.25) is 0 Å². The van der Waals surface area contributed by atoms with Gasteiger partial charge < -0.3 is 20.5 Å². The minimum Gasteiger partial charge on any atom is -0.480 e. The monoisotopic (exact) mass is 280 g/mol. The summed E-state index contributed by atoms with van der Waals surface area (Å²) in [5, 5.41) is 14.8. The van der Waals surface area contributed by atoms with Gasteiger partial charge in [-0.2, -0.15) is 0 Å². The number of carboxylic acid groups (broad SMARTS) is 1. The van der Waals surface area contributed by atoms with E-state index in [0.717, 1.165) is 0 Å². The van der Waals surface area contributed by atoms with Gasteiger partial charge in [-0.25, -0.2) is 9.59 Å². The van der Waals surface area contributed by atoms with Crippen LogP contribution >= 0.6 is 12.4 Å². The summed E-state index contributed by atoms with van der Waals surface area (Å²) < 4.78 is 5.08. The van der Waals surface area contributed by atoms with E-state index in [-0.39, 0.29) is 12.4 Å². The second-order valence-corrected chi connectivity index (χ2v) is 5.26. The summed E-state index contributed by atoms with van der Waals surface area (Å²) in [6, 6.07) is 0. The first-order valence-electron chi connectivity index (χ1n) is 5.70. The van der Waals surface area contributed by atoms with Crippen molar-refractivity contribution in [3.8, 4) is 0 Å². The molecule has 106 valence electrons. The van der Waals surface area contributed by atoms with Gasteiger partial charge in [-0.05, 0) is 46.7 Å². The molecule has 0 saturated carbocycles. The van der Waals surface area contributed by atoms with E-state index >= 15 is 0 Å². The number of halogens is 1. The molecule has 1 rings (SSSR count). The molecule has 0 spiro atoms. The van der Waals surface area contributed by atoms with Crippen molar-refractivity contribution in [1.82, 2.24) is 10.6 Å². The van der Waals surface area contributed by atoms with Crippen molar-refractivity contribution in [2.45, 2.75) is 44.8 Å². The standard InChI is InChI=1S/C11H20N2O4.ClH/c1-10(2,3)17-9(16)13-11(8(14)15)4-6-12-7-5-11;/h12H,4-7H2,1-3H3,(H,13,16)(H,14,15);1H. The van der Waals surface area contributed by atoms with Crippen LogP contribution < -0.4 is 10.6 Å². The molecule has 1 heterocycles. The largest absolute Gasteiger partial charge is 0.480 e. The molecule has 0 atom stereocenters. The Hall–Kier alpha value is -1.01. The van der Waals surface area contributed by atoms with Gasteiger partial charge in [0, 0.05) is 0 Å². The molecule has 0 aromatic rings. The predicted octanol–water partition coefficient (Wildman–Crippen LogP) is 1.14. The third-order valence-corrected chi connectivity index (χ3v) is 2.61. The molecule has 6 nitrogen and oxygen atoms in total. The van der Waals surface area contributed by atoms with Crippen LogP contribution in [-0.4, -0.2) is 41.4 Å². The van der Waals surface area contributed by atoms with Crippen LogP contribution in [0.3, 0.4) is 0 Å². The number of hydrogen-bond donors (Lipinski definition) is 3. The second-order valence-electron chi connectivity index (χ2n) is 5.26. The normalized spacial score (nSPS) is 18.4. The van der Waals surface area contributed by atoms with Crippen LogP contribution in [0, 0.1) is 0 Å². The molecule has 1 fully saturated rings. The Balaban J connectivity index is 0.00000289. The van der Waals surface area contributed by atoms with Crippen LogP contribution in [0.25, 0.3) is 0 Å². The quantitative estimate of drug-likeness (QED) is 0.706. The fraction of sp³-hybridized carbons (Fsp3) is 0.818. The van der Waals surface area contributed by atoms with Gasteiger partial charge in [0.05, 0.1) is 0 Å². The number of aliphatic carboxylic acids is 1. The van der Waals surface area contributed by atoms with Crippen LogP contribution in [-0.2, 0) is 9.53 Å². The van der Waals surface area contributed by atoms with Gasteiger partial charge in [0.15, 0.2) is 0 Å². The average Bonchev–Trinajstić information content (AvgIpc) is 2.15. The molecular weight excluding hydrogens is 260 g/mol. The molecule has 7 heteroatoms. The molecule has 0 radical (unpaired) electrons. The number of carbonyl (C=O) groups excluding carboxylic acids is 1. The number of alkyl carbamates (subject to hydrolysis) is 1. The Morgan fingerprint density at radius 3 is 2.17 bits per heavy atom. The van der Waals surface area contributed by atoms with E-state index < -0.39 is 23.2 Å².